The summed E-state index contributed by atoms with van der Waals surface area (Å²) in [6.07, 6.45) is 1.81. The van der Waals surface area contributed by atoms with Gasteiger partial charge in [0, 0.05) is 20.9 Å². The molecule has 4 aromatic rings. The predicted octanol–water partition coefficient (Wildman–Crippen LogP) is 5.07. The third-order valence-corrected chi connectivity index (χ3v) is 5.25. The molecule has 3 aromatic heterocycles. The van der Waals surface area contributed by atoms with Crippen molar-refractivity contribution in [1.82, 2.24) is 15.0 Å². The van der Waals surface area contributed by atoms with Crippen LogP contribution in [0.4, 0.5) is 0 Å². The van der Waals surface area contributed by atoms with Gasteiger partial charge in [0.25, 0.3) is 0 Å². The first-order valence-electron chi connectivity index (χ1n) is 6.93. The Balaban J connectivity index is 2.00. The van der Waals surface area contributed by atoms with Gasteiger partial charge >= 0.3 is 0 Å². The maximum Gasteiger partial charge on any atom is 0.122 e. The molecule has 1 aromatic carbocycles. The highest BCUT2D eigenvalue weighted by atomic mass is 32.1. The average molecular weight is 323 g/mol. The van der Waals surface area contributed by atoms with Gasteiger partial charge in [0.15, 0.2) is 0 Å². The quantitative estimate of drug-likeness (QED) is 0.491. The Morgan fingerprint density at radius 3 is 1.86 bits per heavy atom. The van der Waals surface area contributed by atoms with Gasteiger partial charge in [-0.25, -0.2) is 0 Å². The fraction of sp³-hybridized carbons (Fsp3) is 0.0588. The lowest BCUT2D eigenvalue weighted by molar-refractivity contribution is 0.612. The Morgan fingerprint density at radius 1 is 0.909 bits per heavy atom. The average Bonchev–Trinajstić information content (AvgIpc) is 3.27. The third-order valence-electron chi connectivity index (χ3n) is 3.45. The van der Waals surface area contributed by atoms with E-state index in [9.17, 15) is 0 Å². The summed E-state index contributed by atoms with van der Waals surface area (Å²) < 4.78 is 0. The van der Waals surface area contributed by atoms with Crippen molar-refractivity contribution >= 4 is 33.7 Å². The van der Waals surface area contributed by atoms with Gasteiger partial charge in [-0.05, 0) is 22.9 Å². The molecule has 0 N–H and O–H groups in total. The van der Waals surface area contributed by atoms with Gasteiger partial charge in [-0.1, -0.05) is 30.3 Å². The highest BCUT2D eigenvalue weighted by Gasteiger charge is 2.15. The van der Waals surface area contributed by atoms with Crippen molar-refractivity contribution in [3.63, 3.8) is 0 Å². The number of hydrogen-bond donors (Lipinski definition) is 0. The van der Waals surface area contributed by atoms with Crippen molar-refractivity contribution in [2.24, 2.45) is 0 Å². The first-order chi connectivity index (χ1) is 10.9. The topological polar surface area (TPSA) is 30.7 Å². The summed E-state index contributed by atoms with van der Waals surface area (Å²) in [5.41, 5.74) is 4.19. The van der Waals surface area contributed by atoms with Crippen molar-refractivity contribution in [2.75, 3.05) is 0 Å². The highest BCUT2D eigenvalue weighted by Crippen LogP contribution is 2.36. The summed E-state index contributed by atoms with van der Waals surface area (Å²) in [7, 11) is 0. The van der Waals surface area contributed by atoms with E-state index in [1.54, 1.807) is 27.5 Å². The molecule has 0 radical (unpaired) electrons. The number of benzene rings is 1. The molecule has 108 valence electrons. The molecular weight excluding hydrogens is 310 g/mol. The van der Waals surface area contributed by atoms with E-state index in [1.807, 2.05) is 6.08 Å². The van der Waals surface area contributed by atoms with Crippen LogP contribution in [0, 0.1) is 0 Å². The van der Waals surface area contributed by atoms with Crippen LogP contribution in [-0.2, 0) is 6.54 Å². The summed E-state index contributed by atoms with van der Waals surface area (Å²) in [6, 6.07) is 12.7. The maximum atomic E-state index is 4.67. The van der Waals surface area contributed by atoms with Gasteiger partial charge in [-0.15, -0.1) is 29.3 Å². The first kappa shape index (κ1) is 13.4. The Kier molecular flexibility index (Phi) is 3.36. The molecule has 0 unspecified atom stereocenters. The smallest absolute Gasteiger partial charge is 0.122 e. The Labute approximate surface area is 136 Å². The van der Waals surface area contributed by atoms with Crippen molar-refractivity contribution in [2.45, 2.75) is 6.54 Å². The molecule has 3 heterocycles. The molecule has 0 spiro atoms. The second-order valence-electron chi connectivity index (χ2n) is 4.86. The van der Waals surface area contributed by atoms with E-state index in [1.165, 1.54) is 9.75 Å². The summed E-state index contributed by atoms with van der Waals surface area (Å²) in [5, 5.41) is 13.5. The van der Waals surface area contributed by atoms with E-state index in [4.69, 9.17) is 0 Å². The number of aromatic nitrogens is 3. The van der Waals surface area contributed by atoms with Crippen molar-refractivity contribution in [1.29, 1.82) is 0 Å². The number of hydrogen-bond acceptors (Lipinski definition) is 4. The minimum absolute atomic E-state index is 0.614. The molecule has 0 fully saturated rings. The lowest BCUT2D eigenvalue weighted by Gasteiger charge is -2.02. The predicted molar refractivity (Wildman–Crippen MR) is 94.4 cm³/mol. The number of nitrogens with zero attached hydrogens (tertiary/aromatic N) is 3. The zero-order chi connectivity index (χ0) is 14.9. The molecule has 0 atom stereocenters. The van der Waals surface area contributed by atoms with E-state index < -0.39 is 0 Å². The fourth-order valence-corrected chi connectivity index (χ4v) is 4.00. The minimum Gasteiger partial charge on any atom is -0.180 e. The third kappa shape index (κ3) is 2.19. The monoisotopic (exact) mass is 323 g/mol. The van der Waals surface area contributed by atoms with Crippen molar-refractivity contribution in [3.05, 3.63) is 59.8 Å². The molecule has 5 heteroatoms. The van der Waals surface area contributed by atoms with E-state index >= 15 is 0 Å². The summed E-state index contributed by atoms with van der Waals surface area (Å²) in [6.45, 7) is 4.39. The first-order valence-corrected chi connectivity index (χ1v) is 8.69. The van der Waals surface area contributed by atoms with Crippen LogP contribution in [0.5, 0.6) is 0 Å². The molecule has 0 aliphatic rings. The molecule has 0 aliphatic carbocycles. The van der Waals surface area contributed by atoms with Crippen LogP contribution < -0.4 is 0 Å². The van der Waals surface area contributed by atoms with Gasteiger partial charge in [-0.3, -0.25) is 0 Å². The molecule has 0 amide bonds. The SMILES string of the molecule is C=CCn1nc2c(-c3cccs3)ccc(-c3cccs3)c2n1. The van der Waals surface area contributed by atoms with Gasteiger partial charge in [0.2, 0.25) is 0 Å². The van der Waals surface area contributed by atoms with Crippen molar-refractivity contribution in [3.8, 4) is 20.9 Å². The highest BCUT2D eigenvalue weighted by molar-refractivity contribution is 7.14. The lowest BCUT2D eigenvalue weighted by atomic mass is 10.1. The second-order valence-corrected chi connectivity index (χ2v) is 6.75. The zero-order valence-corrected chi connectivity index (χ0v) is 13.4. The Hall–Kier alpha value is -2.24. The van der Waals surface area contributed by atoms with E-state index in [0.717, 1.165) is 22.2 Å². The van der Waals surface area contributed by atoms with Crippen LogP contribution in [0.1, 0.15) is 0 Å². The van der Waals surface area contributed by atoms with Gasteiger partial charge in [0.1, 0.15) is 11.0 Å². The Morgan fingerprint density at radius 2 is 1.45 bits per heavy atom. The molecular formula is C17H13N3S2. The number of fused-ring (bicyclic) bond motifs is 1. The maximum absolute atomic E-state index is 4.67. The standard InChI is InChI=1S/C17H13N3S2/c1-2-9-20-18-16-12(14-5-3-10-21-14)7-8-13(17(16)19-20)15-6-4-11-22-15/h2-8,10-11H,1,9H2. The number of allylic oxidation sites excluding steroid dienone is 1. The normalized spacial score (nSPS) is 11.1. The van der Waals surface area contributed by atoms with Gasteiger partial charge < -0.3 is 0 Å². The van der Waals surface area contributed by atoms with E-state index in [-0.39, 0.29) is 0 Å². The van der Waals surface area contributed by atoms with Crippen LogP contribution in [0.2, 0.25) is 0 Å². The zero-order valence-electron chi connectivity index (χ0n) is 11.8. The van der Waals surface area contributed by atoms with E-state index in [2.05, 4.69) is 63.9 Å². The van der Waals surface area contributed by atoms with Crippen LogP contribution in [0.25, 0.3) is 31.9 Å². The molecule has 0 saturated heterocycles. The molecule has 0 bridgehead atoms. The number of thiophene rings is 2. The largest absolute Gasteiger partial charge is 0.180 e. The minimum atomic E-state index is 0.614. The Bertz CT molecular complexity index is 847. The van der Waals surface area contributed by atoms with E-state index in [0.29, 0.717) is 6.54 Å². The second kappa shape index (κ2) is 5.51. The van der Waals surface area contributed by atoms with Crippen LogP contribution in [0.3, 0.4) is 0 Å². The van der Waals surface area contributed by atoms with Gasteiger partial charge in [-0.2, -0.15) is 15.0 Å². The van der Waals surface area contributed by atoms with Crippen LogP contribution in [-0.4, -0.2) is 15.0 Å². The summed E-state index contributed by atoms with van der Waals surface area (Å²) in [4.78, 5) is 4.15. The summed E-state index contributed by atoms with van der Waals surface area (Å²) in [5.74, 6) is 0. The number of rotatable bonds is 4. The fourth-order valence-electron chi connectivity index (χ4n) is 2.49. The molecule has 0 saturated carbocycles. The van der Waals surface area contributed by atoms with Crippen LogP contribution >= 0.6 is 22.7 Å². The van der Waals surface area contributed by atoms with Gasteiger partial charge in [0.05, 0.1) is 6.54 Å². The summed E-state index contributed by atoms with van der Waals surface area (Å²) >= 11 is 3.44. The van der Waals surface area contributed by atoms with Crippen LogP contribution in [0.15, 0.2) is 59.8 Å². The molecule has 22 heavy (non-hydrogen) atoms. The van der Waals surface area contributed by atoms with Crippen molar-refractivity contribution < 1.29 is 0 Å². The molecule has 3 nitrogen and oxygen atoms in total. The molecule has 4 rings (SSSR count). The molecule has 0 aliphatic heterocycles. The lowest BCUT2D eigenvalue weighted by Crippen LogP contribution is -1.98.